The van der Waals surface area contributed by atoms with Crippen LogP contribution in [0.3, 0.4) is 0 Å². The molecule has 0 radical (unpaired) electrons. The van der Waals surface area contributed by atoms with Crippen molar-refractivity contribution in [2.45, 2.75) is 24.0 Å². The largest absolute Gasteiger partial charge is 0.345 e. The zero-order valence-corrected chi connectivity index (χ0v) is 16.6. The Balaban J connectivity index is 1.31. The number of nitrogens with one attached hydrogen (secondary N) is 2. The van der Waals surface area contributed by atoms with Gasteiger partial charge in [0.15, 0.2) is 0 Å². The molecule has 4 rings (SSSR count). The van der Waals surface area contributed by atoms with Crippen molar-refractivity contribution in [3.8, 4) is 0 Å². The molecule has 1 aromatic heterocycles. The molecule has 1 atom stereocenters. The maximum absolute atomic E-state index is 12.6. The van der Waals surface area contributed by atoms with Crippen LogP contribution in [-0.4, -0.2) is 37.8 Å². The molecule has 0 saturated heterocycles. The molecule has 148 valence electrons. The number of benzene rings is 2. The molecule has 0 saturated carbocycles. The number of hydrogen-bond acceptors (Lipinski definition) is 6. The molecule has 29 heavy (non-hydrogen) atoms. The highest BCUT2D eigenvalue weighted by Crippen LogP contribution is 2.30. The number of aryl methyl sites for hydroxylation is 2. The fourth-order valence-electron chi connectivity index (χ4n) is 3.32. The Morgan fingerprint density at radius 1 is 1.17 bits per heavy atom. The number of tetrazole rings is 1. The molecule has 0 bridgehead atoms. The van der Waals surface area contributed by atoms with Crippen LogP contribution in [0.5, 0.6) is 0 Å². The van der Waals surface area contributed by atoms with Crippen molar-refractivity contribution in [3.05, 3.63) is 65.2 Å². The first-order valence-corrected chi connectivity index (χ1v) is 10.2. The van der Waals surface area contributed by atoms with Crippen LogP contribution in [0.15, 0.2) is 53.7 Å². The molecule has 0 aliphatic heterocycles. The molecule has 2 aromatic carbocycles. The molecule has 1 heterocycles. The predicted molar refractivity (Wildman–Crippen MR) is 110 cm³/mol. The first kappa shape index (κ1) is 19.1. The molecule has 1 aliphatic rings. The molecule has 8 nitrogen and oxygen atoms in total. The monoisotopic (exact) mass is 408 g/mol. The van der Waals surface area contributed by atoms with E-state index < -0.39 is 0 Å². The summed E-state index contributed by atoms with van der Waals surface area (Å²) in [4.78, 5) is 24.7. The van der Waals surface area contributed by atoms with Crippen LogP contribution >= 0.6 is 11.8 Å². The summed E-state index contributed by atoms with van der Waals surface area (Å²) in [6, 6.07) is 15.1. The van der Waals surface area contributed by atoms with Crippen LogP contribution in [0.25, 0.3) is 0 Å². The van der Waals surface area contributed by atoms with Gasteiger partial charge >= 0.3 is 0 Å². The van der Waals surface area contributed by atoms with E-state index in [4.69, 9.17) is 0 Å². The lowest BCUT2D eigenvalue weighted by Crippen LogP contribution is -2.27. The van der Waals surface area contributed by atoms with Crippen molar-refractivity contribution < 1.29 is 9.59 Å². The molecular weight excluding hydrogens is 388 g/mol. The average Bonchev–Trinajstić information content (AvgIpc) is 3.33. The normalized spacial score (nSPS) is 15.0. The minimum atomic E-state index is -0.169. The van der Waals surface area contributed by atoms with Crippen LogP contribution < -0.4 is 10.6 Å². The highest BCUT2D eigenvalue weighted by Gasteiger charge is 2.23. The summed E-state index contributed by atoms with van der Waals surface area (Å²) < 4.78 is 1.51. The van der Waals surface area contributed by atoms with Gasteiger partial charge in [-0.25, -0.2) is 4.68 Å². The van der Waals surface area contributed by atoms with Crippen LogP contribution in [0.2, 0.25) is 0 Å². The number of nitrogens with zero attached hydrogens (tertiary/aromatic N) is 4. The van der Waals surface area contributed by atoms with E-state index in [0.717, 1.165) is 12.8 Å². The summed E-state index contributed by atoms with van der Waals surface area (Å²) in [6.45, 7) is 0. The maximum atomic E-state index is 12.6. The Morgan fingerprint density at radius 2 is 1.97 bits per heavy atom. The summed E-state index contributed by atoms with van der Waals surface area (Å²) in [5, 5.41) is 17.6. The lowest BCUT2D eigenvalue weighted by atomic mass is 10.1. The first-order chi connectivity index (χ1) is 14.1. The van der Waals surface area contributed by atoms with Gasteiger partial charge in [-0.1, -0.05) is 36.0 Å². The number of fused-ring (bicyclic) bond motifs is 1. The smallest absolute Gasteiger partial charge is 0.251 e. The summed E-state index contributed by atoms with van der Waals surface area (Å²) >= 11 is 1.25. The van der Waals surface area contributed by atoms with Crippen molar-refractivity contribution in [2.75, 3.05) is 11.1 Å². The SMILES string of the molecule is Cn1nnnc1SCC(=O)Nc1ccc(C(=O)NC2CCc3ccccc32)cc1. The number of hydrogen-bond donors (Lipinski definition) is 2. The van der Waals surface area contributed by atoms with Crippen molar-refractivity contribution in [2.24, 2.45) is 7.05 Å². The number of aromatic nitrogens is 4. The zero-order chi connectivity index (χ0) is 20.2. The van der Waals surface area contributed by atoms with E-state index in [9.17, 15) is 9.59 Å². The van der Waals surface area contributed by atoms with E-state index in [-0.39, 0.29) is 23.6 Å². The lowest BCUT2D eigenvalue weighted by Gasteiger charge is -2.14. The minimum Gasteiger partial charge on any atom is -0.345 e. The second-order valence-corrected chi connectivity index (χ2v) is 7.71. The van der Waals surface area contributed by atoms with Crippen molar-refractivity contribution in [3.63, 3.8) is 0 Å². The van der Waals surface area contributed by atoms with Gasteiger partial charge < -0.3 is 10.6 Å². The van der Waals surface area contributed by atoms with Crippen molar-refractivity contribution in [1.82, 2.24) is 25.5 Å². The molecule has 2 N–H and O–H groups in total. The van der Waals surface area contributed by atoms with Gasteiger partial charge in [-0.05, 0) is 58.7 Å². The van der Waals surface area contributed by atoms with Crippen molar-refractivity contribution in [1.29, 1.82) is 0 Å². The topological polar surface area (TPSA) is 102 Å². The van der Waals surface area contributed by atoms with Gasteiger partial charge in [-0.15, -0.1) is 5.10 Å². The third-order valence-electron chi connectivity index (χ3n) is 4.78. The molecule has 1 unspecified atom stereocenters. The number of amides is 2. The zero-order valence-electron chi connectivity index (χ0n) is 15.8. The number of thioether (sulfide) groups is 1. The predicted octanol–water partition coefficient (Wildman–Crippen LogP) is 2.36. The van der Waals surface area contributed by atoms with Crippen LogP contribution in [-0.2, 0) is 18.3 Å². The van der Waals surface area contributed by atoms with Crippen LogP contribution in [0.1, 0.15) is 33.9 Å². The Bertz CT molecular complexity index is 1030. The van der Waals surface area contributed by atoms with Gasteiger partial charge in [-0.2, -0.15) is 0 Å². The molecule has 1 aliphatic carbocycles. The number of rotatable bonds is 6. The Morgan fingerprint density at radius 3 is 2.72 bits per heavy atom. The number of carbonyl (C=O) groups is 2. The molecule has 9 heteroatoms. The van der Waals surface area contributed by atoms with E-state index in [1.165, 1.54) is 27.6 Å². The molecule has 0 spiro atoms. The summed E-state index contributed by atoms with van der Waals surface area (Å²) in [5.41, 5.74) is 3.69. The van der Waals surface area contributed by atoms with Gasteiger partial charge in [0, 0.05) is 18.3 Å². The standard InChI is InChI=1S/C20H20N6O2S/c1-26-20(23-24-25-26)29-12-18(27)21-15-9-6-14(7-10-15)19(28)22-17-11-8-13-4-2-3-5-16(13)17/h2-7,9-10,17H,8,11-12H2,1H3,(H,21,27)(H,22,28). The Labute approximate surface area is 172 Å². The highest BCUT2D eigenvalue weighted by atomic mass is 32.2. The van der Waals surface area contributed by atoms with Crippen molar-refractivity contribution >= 4 is 29.3 Å². The van der Waals surface area contributed by atoms with Crippen LogP contribution in [0, 0.1) is 0 Å². The average molecular weight is 408 g/mol. The molecular formula is C20H20N6O2S. The third-order valence-corrected chi connectivity index (χ3v) is 5.79. The van der Waals surface area contributed by atoms with E-state index in [0.29, 0.717) is 16.4 Å². The molecule has 0 fully saturated rings. The second-order valence-electron chi connectivity index (χ2n) is 6.76. The van der Waals surface area contributed by atoms with E-state index in [1.54, 1.807) is 31.3 Å². The first-order valence-electron chi connectivity index (χ1n) is 9.24. The van der Waals surface area contributed by atoms with Crippen LogP contribution in [0.4, 0.5) is 5.69 Å². The van der Waals surface area contributed by atoms with Gasteiger partial charge in [0.05, 0.1) is 11.8 Å². The Kier molecular flexibility index (Phi) is 5.57. The lowest BCUT2D eigenvalue weighted by molar-refractivity contribution is -0.113. The van der Waals surface area contributed by atoms with Gasteiger partial charge in [0.2, 0.25) is 11.1 Å². The maximum Gasteiger partial charge on any atom is 0.251 e. The summed E-state index contributed by atoms with van der Waals surface area (Å²) in [5.74, 6) is -0.0926. The van der Waals surface area contributed by atoms with Gasteiger partial charge in [-0.3, -0.25) is 9.59 Å². The fraction of sp³-hybridized carbons (Fsp3) is 0.250. The van der Waals surface area contributed by atoms with E-state index in [1.807, 2.05) is 12.1 Å². The minimum absolute atomic E-state index is 0.0465. The van der Waals surface area contributed by atoms with Gasteiger partial charge in [0.1, 0.15) is 0 Å². The highest BCUT2D eigenvalue weighted by molar-refractivity contribution is 7.99. The van der Waals surface area contributed by atoms with E-state index in [2.05, 4.69) is 38.3 Å². The Hall–Kier alpha value is -3.20. The molecule has 2 amide bonds. The molecule has 3 aromatic rings. The second kappa shape index (κ2) is 8.44. The number of anilines is 1. The third kappa shape index (κ3) is 4.45. The fourth-order valence-corrected chi connectivity index (χ4v) is 3.97. The van der Waals surface area contributed by atoms with E-state index >= 15 is 0 Å². The summed E-state index contributed by atoms with van der Waals surface area (Å²) in [7, 11) is 1.72. The summed E-state index contributed by atoms with van der Waals surface area (Å²) in [6.07, 6.45) is 1.90. The number of carbonyl (C=O) groups excluding carboxylic acids is 2. The van der Waals surface area contributed by atoms with Gasteiger partial charge in [0.25, 0.3) is 5.91 Å². The quantitative estimate of drug-likeness (QED) is 0.607.